The number of rotatable bonds is 8. The van der Waals surface area contributed by atoms with Crippen LogP contribution in [0.25, 0.3) is 0 Å². The first-order chi connectivity index (χ1) is 9.38. The van der Waals surface area contributed by atoms with Crippen LogP contribution in [0.2, 0.25) is 0 Å². The summed E-state index contributed by atoms with van der Waals surface area (Å²) in [5.41, 5.74) is 2.35. The third-order valence-electron chi connectivity index (χ3n) is 3.61. The number of benzene rings is 1. The van der Waals surface area contributed by atoms with Gasteiger partial charge in [-0.2, -0.15) is 0 Å². The second kappa shape index (κ2) is 8.41. The fourth-order valence-electron chi connectivity index (χ4n) is 2.65. The summed E-state index contributed by atoms with van der Waals surface area (Å²) in [5.74, 6) is 1.80. The van der Waals surface area contributed by atoms with Gasteiger partial charge in [0.05, 0.1) is 0 Å². The van der Waals surface area contributed by atoms with Crippen LogP contribution in [0.4, 0.5) is 4.39 Å². The van der Waals surface area contributed by atoms with Crippen molar-refractivity contribution in [2.75, 3.05) is 13.1 Å². The molecular weight excluding hydrogens is 249 g/mol. The SMILES string of the molecule is Cc1ccc(F)cc1CC(CNCC(C)C)CC(C)C. The quantitative estimate of drug-likeness (QED) is 0.734. The number of aryl methyl sites for hydroxylation is 1. The minimum absolute atomic E-state index is 0.121. The minimum atomic E-state index is -0.121. The van der Waals surface area contributed by atoms with Crippen LogP contribution in [0.3, 0.4) is 0 Å². The first-order valence-electron chi connectivity index (χ1n) is 7.84. The number of halogens is 1. The second-order valence-electron chi connectivity index (χ2n) is 6.82. The van der Waals surface area contributed by atoms with E-state index in [-0.39, 0.29) is 5.82 Å². The lowest BCUT2D eigenvalue weighted by Crippen LogP contribution is -2.28. The summed E-state index contributed by atoms with van der Waals surface area (Å²) in [4.78, 5) is 0. The molecule has 0 spiro atoms. The largest absolute Gasteiger partial charge is 0.316 e. The Labute approximate surface area is 124 Å². The molecule has 0 fully saturated rings. The van der Waals surface area contributed by atoms with Crippen LogP contribution in [0.1, 0.15) is 45.2 Å². The highest BCUT2D eigenvalue weighted by Gasteiger charge is 2.13. The molecule has 0 aromatic heterocycles. The zero-order valence-electron chi connectivity index (χ0n) is 13.7. The van der Waals surface area contributed by atoms with Crippen molar-refractivity contribution in [3.63, 3.8) is 0 Å². The lowest BCUT2D eigenvalue weighted by atomic mass is 9.89. The van der Waals surface area contributed by atoms with Gasteiger partial charge in [-0.15, -0.1) is 0 Å². The van der Waals surface area contributed by atoms with E-state index in [1.54, 1.807) is 12.1 Å². The average Bonchev–Trinajstić information content (AvgIpc) is 2.32. The van der Waals surface area contributed by atoms with E-state index in [9.17, 15) is 4.39 Å². The molecule has 0 bridgehead atoms. The molecule has 0 saturated heterocycles. The van der Waals surface area contributed by atoms with E-state index in [1.807, 2.05) is 6.07 Å². The van der Waals surface area contributed by atoms with Crippen LogP contribution in [0.5, 0.6) is 0 Å². The van der Waals surface area contributed by atoms with Crippen molar-refractivity contribution >= 4 is 0 Å². The zero-order valence-corrected chi connectivity index (χ0v) is 13.7. The molecule has 0 aliphatic rings. The highest BCUT2D eigenvalue weighted by molar-refractivity contribution is 5.27. The first kappa shape index (κ1) is 17.2. The number of hydrogen-bond donors (Lipinski definition) is 1. The maximum Gasteiger partial charge on any atom is 0.123 e. The molecule has 1 atom stereocenters. The van der Waals surface area contributed by atoms with E-state index in [0.29, 0.717) is 17.8 Å². The van der Waals surface area contributed by atoms with Gasteiger partial charge in [-0.1, -0.05) is 33.8 Å². The molecule has 1 unspecified atom stereocenters. The standard InChI is InChI=1S/C18H30FN/c1-13(2)8-16(12-20-11-14(3)4)9-17-10-18(19)7-6-15(17)5/h6-7,10,13-14,16,20H,8-9,11-12H2,1-5H3. The third-order valence-corrected chi connectivity index (χ3v) is 3.61. The Kier molecular flexibility index (Phi) is 7.22. The summed E-state index contributed by atoms with van der Waals surface area (Å²) in [6.45, 7) is 13.1. The van der Waals surface area contributed by atoms with E-state index in [2.05, 4.69) is 39.9 Å². The molecular formula is C18H30FN. The number of nitrogens with one attached hydrogen (secondary N) is 1. The van der Waals surface area contributed by atoms with Gasteiger partial charge in [-0.05, 0) is 73.9 Å². The second-order valence-corrected chi connectivity index (χ2v) is 6.82. The van der Waals surface area contributed by atoms with Gasteiger partial charge in [0.25, 0.3) is 0 Å². The lowest BCUT2D eigenvalue weighted by molar-refractivity contribution is 0.375. The molecule has 0 saturated carbocycles. The Morgan fingerprint density at radius 2 is 1.75 bits per heavy atom. The lowest BCUT2D eigenvalue weighted by Gasteiger charge is -2.21. The van der Waals surface area contributed by atoms with E-state index in [1.165, 1.54) is 12.0 Å². The summed E-state index contributed by atoms with van der Waals surface area (Å²) >= 11 is 0. The highest BCUT2D eigenvalue weighted by Crippen LogP contribution is 2.20. The van der Waals surface area contributed by atoms with Gasteiger partial charge < -0.3 is 5.32 Å². The Morgan fingerprint density at radius 3 is 2.35 bits per heavy atom. The fourth-order valence-corrected chi connectivity index (χ4v) is 2.65. The Morgan fingerprint density at radius 1 is 1.05 bits per heavy atom. The highest BCUT2D eigenvalue weighted by atomic mass is 19.1. The predicted octanol–water partition coefficient (Wildman–Crippen LogP) is 4.58. The van der Waals surface area contributed by atoms with Crippen molar-refractivity contribution in [3.05, 3.63) is 35.1 Å². The van der Waals surface area contributed by atoms with Crippen LogP contribution in [0, 0.1) is 30.5 Å². The van der Waals surface area contributed by atoms with E-state index < -0.39 is 0 Å². The molecule has 0 aliphatic carbocycles. The average molecular weight is 279 g/mol. The molecule has 0 heterocycles. The minimum Gasteiger partial charge on any atom is -0.316 e. The maximum absolute atomic E-state index is 13.4. The van der Waals surface area contributed by atoms with Crippen molar-refractivity contribution in [2.45, 2.75) is 47.5 Å². The Balaban J connectivity index is 2.65. The van der Waals surface area contributed by atoms with Gasteiger partial charge >= 0.3 is 0 Å². The van der Waals surface area contributed by atoms with E-state index >= 15 is 0 Å². The monoisotopic (exact) mass is 279 g/mol. The Bertz CT molecular complexity index is 398. The molecule has 2 heteroatoms. The third kappa shape index (κ3) is 6.51. The fraction of sp³-hybridized carbons (Fsp3) is 0.667. The summed E-state index contributed by atoms with van der Waals surface area (Å²) in [5, 5.41) is 3.55. The summed E-state index contributed by atoms with van der Waals surface area (Å²) in [7, 11) is 0. The molecule has 20 heavy (non-hydrogen) atoms. The summed E-state index contributed by atoms with van der Waals surface area (Å²) < 4.78 is 13.4. The first-order valence-corrected chi connectivity index (χ1v) is 7.84. The van der Waals surface area contributed by atoms with Crippen LogP contribution < -0.4 is 5.32 Å². The van der Waals surface area contributed by atoms with Crippen molar-refractivity contribution in [1.82, 2.24) is 5.32 Å². The van der Waals surface area contributed by atoms with Crippen molar-refractivity contribution < 1.29 is 4.39 Å². The topological polar surface area (TPSA) is 12.0 Å². The Hall–Kier alpha value is -0.890. The van der Waals surface area contributed by atoms with Crippen molar-refractivity contribution in [2.24, 2.45) is 17.8 Å². The molecule has 0 amide bonds. The van der Waals surface area contributed by atoms with Gasteiger partial charge in [0.1, 0.15) is 5.82 Å². The van der Waals surface area contributed by atoms with Gasteiger partial charge in [0.15, 0.2) is 0 Å². The van der Waals surface area contributed by atoms with E-state index in [0.717, 1.165) is 25.1 Å². The molecule has 1 aromatic rings. The molecule has 0 aliphatic heterocycles. The maximum atomic E-state index is 13.4. The number of hydrogen-bond acceptors (Lipinski definition) is 1. The normalized spacial score (nSPS) is 13.2. The molecule has 1 N–H and O–H groups in total. The van der Waals surface area contributed by atoms with Gasteiger partial charge in [0, 0.05) is 0 Å². The molecule has 114 valence electrons. The predicted molar refractivity (Wildman–Crippen MR) is 85.5 cm³/mol. The van der Waals surface area contributed by atoms with Crippen LogP contribution in [-0.2, 0) is 6.42 Å². The van der Waals surface area contributed by atoms with E-state index in [4.69, 9.17) is 0 Å². The zero-order chi connectivity index (χ0) is 15.1. The molecule has 1 nitrogen and oxygen atoms in total. The molecule has 1 aromatic carbocycles. The van der Waals surface area contributed by atoms with Crippen LogP contribution >= 0.6 is 0 Å². The van der Waals surface area contributed by atoms with Gasteiger partial charge in [-0.25, -0.2) is 4.39 Å². The smallest absolute Gasteiger partial charge is 0.123 e. The van der Waals surface area contributed by atoms with Crippen molar-refractivity contribution in [3.8, 4) is 0 Å². The molecule has 0 radical (unpaired) electrons. The summed E-state index contributed by atoms with van der Waals surface area (Å²) in [6, 6.07) is 5.14. The van der Waals surface area contributed by atoms with Crippen LogP contribution in [0.15, 0.2) is 18.2 Å². The van der Waals surface area contributed by atoms with Gasteiger partial charge in [-0.3, -0.25) is 0 Å². The van der Waals surface area contributed by atoms with Crippen molar-refractivity contribution in [1.29, 1.82) is 0 Å². The molecule has 1 rings (SSSR count). The summed E-state index contributed by atoms with van der Waals surface area (Å²) in [6.07, 6.45) is 2.15. The van der Waals surface area contributed by atoms with Crippen LogP contribution in [-0.4, -0.2) is 13.1 Å². The van der Waals surface area contributed by atoms with Gasteiger partial charge in [0.2, 0.25) is 0 Å².